The summed E-state index contributed by atoms with van der Waals surface area (Å²) in [5.74, 6) is 0.0374. The van der Waals surface area contributed by atoms with E-state index in [4.69, 9.17) is 0 Å². The van der Waals surface area contributed by atoms with Crippen LogP contribution in [0.15, 0.2) is 24.3 Å². The summed E-state index contributed by atoms with van der Waals surface area (Å²) >= 11 is 0. The third-order valence-corrected chi connectivity index (χ3v) is 3.98. The van der Waals surface area contributed by atoms with Crippen molar-refractivity contribution in [3.63, 3.8) is 0 Å². The quantitative estimate of drug-likeness (QED) is 0.709. The van der Waals surface area contributed by atoms with Crippen LogP contribution in [0.25, 0.3) is 0 Å². The molecular weight excluding hydrogens is 264 g/mol. The van der Waals surface area contributed by atoms with Gasteiger partial charge in [-0.3, -0.25) is 4.72 Å². The first-order valence-electron chi connectivity index (χ1n) is 6.36. The summed E-state index contributed by atoms with van der Waals surface area (Å²) in [4.78, 5) is 0. The molecule has 5 nitrogen and oxygen atoms in total. The van der Waals surface area contributed by atoms with Crippen LogP contribution in [0.5, 0.6) is 0 Å². The third kappa shape index (κ3) is 5.59. The molecule has 0 fully saturated rings. The van der Waals surface area contributed by atoms with Gasteiger partial charge >= 0.3 is 0 Å². The van der Waals surface area contributed by atoms with E-state index in [2.05, 4.69) is 10.0 Å². The number of sulfonamides is 1. The van der Waals surface area contributed by atoms with Gasteiger partial charge in [-0.15, -0.1) is 0 Å². The zero-order valence-corrected chi connectivity index (χ0v) is 12.4. The Morgan fingerprint density at radius 2 is 1.79 bits per heavy atom. The number of anilines is 1. The second kappa shape index (κ2) is 6.88. The van der Waals surface area contributed by atoms with Crippen LogP contribution >= 0.6 is 0 Å². The summed E-state index contributed by atoms with van der Waals surface area (Å²) in [6, 6.07) is 7.06. The zero-order valence-electron chi connectivity index (χ0n) is 11.6. The first-order valence-corrected chi connectivity index (χ1v) is 8.01. The van der Waals surface area contributed by atoms with E-state index < -0.39 is 16.1 Å². The van der Waals surface area contributed by atoms with Gasteiger partial charge in [0.05, 0.1) is 11.9 Å². The van der Waals surface area contributed by atoms with Crippen molar-refractivity contribution in [2.75, 3.05) is 17.0 Å². The van der Waals surface area contributed by atoms with Crippen molar-refractivity contribution in [3.05, 3.63) is 29.8 Å². The van der Waals surface area contributed by atoms with Crippen molar-refractivity contribution >= 4 is 15.7 Å². The Labute approximate surface area is 115 Å². The molecule has 0 aliphatic heterocycles. The predicted octanol–water partition coefficient (Wildman–Crippen LogP) is 1.48. The van der Waals surface area contributed by atoms with Gasteiger partial charge in [0, 0.05) is 18.3 Å². The Morgan fingerprint density at radius 3 is 2.26 bits per heavy atom. The van der Waals surface area contributed by atoms with Crippen LogP contribution in [0, 0.1) is 0 Å². The molecular formula is C13H22N2O3S. The summed E-state index contributed by atoms with van der Waals surface area (Å²) < 4.78 is 25.2. The maximum Gasteiger partial charge on any atom is 0.232 e. The fraction of sp³-hybridized carbons (Fsp3) is 0.538. The van der Waals surface area contributed by atoms with E-state index in [0.29, 0.717) is 18.3 Å². The van der Waals surface area contributed by atoms with Gasteiger partial charge in [-0.05, 0) is 24.6 Å². The molecule has 0 saturated carbocycles. The molecule has 0 amide bonds. The number of benzene rings is 1. The first kappa shape index (κ1) is 15.9. The highest BCUT2D eigenvalue weighted by Gasteiger charge is 2.10. The van der Waals surface area contributed by atoms with Crippen LogP contribution in [0.4, 0.5) is 5.69 Å². The first-order chi connectivity index (χ1) is 8.84. The molecule has 1 atom stereocenters. The van der Waals surface area contributed by atoms with E-state index in [0.717, 1.165) is 5.56 Å². The molecule has 6 heteroatoms. The van der Waals surface area contributed by atoms with Gasteiger partial charge in [0.25, 0.3) is 0 Å². The second-order valence-corrected chi connectivity index (χ2v) is 6.72. The summed E-state index contributed by atoms with van der Waals surface area (Å²) in [6.45, 7) is 6.07. The largest absolute Gasteiger partial charge is 0.387 e. The molecule has 1 aromatic carbocycles. The topological polar surface area (TPSA) is 78.4 Å². The number of hydrogen-bond acceptors (Lipinski definition) is 4. The minimum atomic E-state index is -3.25. The van der Waals surface area contributed by atoms with Crippen molar-refractivity contribution in [1.82, 2.24) is 5.32 Å². The monoisotopic (exact) mass is 286 g/mol. The summed E-state index contributed by atoms with van der Waals surface area (Å²) in [5.41, 5.74) is 1.27. The summed E-state index contributed by atoms with van der Waals surface area (Å²) in [6.07, 6.45) is -0.598. The molecule has 19 heavy (non-hydrogen) atoms. The number of aliphatic hydroxyl groups is 1. The van der Waals surface area contributed by atoms with Crippen LogP contribution < -0.4 is 10.0 Å². The van der Waals surface area contributed by atoms with E-state index in [-0.39, 0.29) is 5.75 Å². The average molecular weight is 286 g/mol. The van der Waals surface area contributed by atoms with Crippen LogP contribution in [0.1, 0.15) is 32.4 Å². The Kier molecular flexibility index (Phi) is 5.78. The molecule has 0 bridgehead atoms. The highest BCUT2D eigenvalue weighted by molar-refractivity contribution is 7.92. The van der Waals surface area contributed by atoms with Gasteiger partial charge in [0.1, 0.15) is 0 Å². The molecule has 0 radical (unpaired) electrons. The molecule has 1 rings (SSSR count). The number of nitrogens with one attached hydrogen (secondary N) is 2. The van der Waals surface area contributed by atoms with Gasteiger partial charge < -0.3 is 10.4 Å². The van der Waals surface area contributed by atoms with Crippen LogP contribution in [-0.2, 0) is 10.0 Å². The molecule has 1 unspecified atom stereocenters. The van der Waals surface area contributed by atoms with E-state index in [1.807, 2.05) is 13.8 Å². The number of hydrogen-bond donors (Lipinski definition) is 3. The average Bonchev–Trinajstić information content (AvgIpc) is 2.36. The third-order valence-electron chi connectivity index (χ3n) is 2.67. The molecule has 0 aliphatic carbocycles. The number of aliphatic hydroxyl groups excluding tert-OH is 1. The Bertz CT molecular complexity index is 483. The van der Waals surface area contributed by atoms with Gasteiger partial charge in [-0.25, -0.2) is 8.42 Å². The molecule has 0 spiro atoms. The van der Waals surface area contributed by atoms with Gasteiger partial charge in [-0.2, -0.15) is 0 Å². The lowest BCUT2D eigenvalue weighted by Gasteiger charge is -2.15. The van der Waals surface area contributed by atoms with Gasteiger partial charge in [0.15, 0.2) is 0 Å². The minimum Gasteiger partial charge on any atom is -0.387 e. The van der Waals surface area contributed by atoms with E-state index >= 15 is 0 Å². The normalized spacial score (nSPS) is 13.5. The molecule has 0 aromatic heterocycles. The van der Waals surface area contributed by atoms with Gasteiger partial charge in [0.2, 0.25) is 10.0 Å². The van der Waals surface area contributed by atoms with Crippen molar-refractivity contribution in [3.8, 4) is 0 Å². The highest BCUT2D eigenvalue weighted by atomic mass is 32.2. The van der Waals surface area contributed by atoms with E-state index in [9.17, 15) is 13.5 Å². The lowest BCUT2D eigenvalue weighted by Crippen LogP contribution is -2.27. The van der Waals surface area contributed by atoms with Gasteiger partial charge in [-0.1, -0.05) is 26.0 Å². The SMILES string of the molecule is CCS(=O)(=O)Nc1ccc(C(O)CNC(C)C)cc1. The highest BCUT2D eigenvalue weighted by Crippen LogP contribution is 2.16. The molecule has 108 valence electrons. The van der Waals surface area contributed by atoms with Crippen LogP contribution in [0.2, 0.25) is 0 Å². The lowest BCUT2D eigenvalue weighted by molar-refractivity contribution is 0.171. The zero-order chi connectivity index (χ0) is 14.5. The maximum atomic E-state index is 11.4. The minimum absolute atomic E-state index is 0.0374. The molecule has 1 aromatic rings. The number of rotatable bonds is 7. The Balaban J connectivity index is 2.66. The smallest absolute Gasteiger partial charge is 0.232 e. The Morgan fingerprint density at radius 1 is 1.21 bits per heavy atom. The fourth-order valence-corrected chi connectivity index (χ4v) is 2.13. The van der Waals surface area contributed by atoms with E-state index in [1.165, 1.54) is 0 Å². The van der Waals surface area contributed by atoms with E-state index in [1.54, 1.807) is 31.2 Å². The fourth-order valence-electron chi connectivity index (χ4n) is 1.49. The summed E-state index contributed by atoms with van der Waals surface area (Å²) in [5, 5.41) is 13.1. The second-order valence-electron chi connectivity index (χ2n) is 4.71. The van der Waals surface area contributed by atoms with Crippen molar-refractivity contribution in [2.24, 2.45) is 0 Å². The predicted molar refractivity (Wildman–Crippen MR) is 77.6 cm³/mol. The molecule has 3 N–H and O–H groups in total. The summed E-state index contributed by atoms with van der Waals surface area (Å²) in [7, 11) is -3.25. The van der Waals surface area contributed by atoms with Crippen molar-refractivity contribution in [1.29, 1.82) is 0 Å². The van der Waals surface area contributed by atoms with Crippen LogP contribution in [0.3, 0.4) is 0 Å². The standard InChI is InChI=1S/C13H22N2O3S/c1-4-19(17,18)15-12-7-5-11(6-8-12)13(16)9-14-10(2)3/h5-8,10,13-16H,4,9H2,1-3H3. The van der Waals surface area contributed by atoms with Crippen molar-refractivity contribution < 1.29 is 13.5 Å². The van der Waals surface area contributed by atoms with Crippen LogP contribution in [-0.4, -0.2) is 31.9 Å². The molecule has 0 saturated heterocycles. The molecule has 0 heterocycles. The lowest BCUT2D eigenvalue weighted by atomic mass is 10.1. The Hall–Kier alpha value is -1.11. The maximum absolute atomic E-state index is 11.4. The molecule has 0 aliphatic rings. The van der Waals surface area contributed by atoms with Crippen molar-refractivity contribution in [2.45, 2.75) is 32.9 Å².